The number of hydrogen-bond acceptors (Lipinski definition) is 6. The molecule has 9 heteroatoms. The summed E-state index contributed by atoms with van der Waals surface area (Å²) in [4.78, 5) is 31.8. The van der Waals surface area contributed by atoms with E-state index < -0.39 is 0 Å². The second kappa shape index (κ2) is 7.34. The molecule has 1 aromatic carbocycles. The zero-order valence-electron chi connectivity index (χ0n) is 16.5. The lowest BCUT2D eigenvalue weighted by atomic mass is 10.2. The number of nitrogens with one attached hydrogen (secondary N) is 1. The minimum absolute atomic E-state index is 0.126. The number of rotatable bonds is 5. The lowest BCUT2D eigenvalue weighted by Gasteiger charge is -2.13. The summed E-state index contributed by atoms with van der Waals surface area (Å²) < 4.78 is 2.99. The molecule has 0 aliphatic rings. The Kier molecular flexibility index (Phi) is 4.71. The summed E-state index contributed by atoms with van der Waals surface area (Å²) in [6, 6.07) is 11.4. The zero-order valence-corrected chi connectivity index (χ0v) is 16.5. The summed E-state index contributed by atoms with van der Waals surface area (Å²) in [5.74, 6) is 0.299. The third kappa shape index (κ3) is 3.42. The molecule has 1 amide bonds. The van der Waals surface area contributed by atoms with Gasteiger partial charge in [-0.2, -0.15) is 0 Å². The van der Waals surface area contributed by atoms with Crippen LogP contribution in [0.25, 0.3) is 16.8 Å². The van der Waals surface area contributed by atoms with Gasteiger partial charge in [0.05, 0.1) is 5.52 Å². The largest absolute Gasteiger partial charge is 0.378 e. The number of amides is 1. The van der Waals surface area contributed by atoms with Crippen molar-refractivity contribution >= 4 is 28.4 Å². The van der Waals surface area contributed by atoms with Crippen LogP contribution in [-0.2, 0) is 17.9 Å². The standard InChI is InChI=1S/C20H21N7O2/c1-13-23-24-19-20(29)26(16-5-4-10-21-18(16)27(13)19)12-17(28)22-11-14-6-8-15(9-7-14)25(2)3/h4-10H,11-12H2,1-3H3,(H,22,28). The molecule has 3 aromatic heterocycles. The van der Waals surface area contributed by atoms with E-state index in [0.717, 1.165) is 11.3 Å². The van der Waals surface area contributed by atoms with Crippen molar-refractivity contribution in [2.45, 2.75) is 20.0 Å². The maximum atomic E-state index is 12.9. The number of benzene rings is 1. The highest BCUT2D eigenvalue weighted by atomic mass is 16.2. The van der Waals surface area contributed by atoms with Crippen molar-refractivity contribution in [2.24, 2.45) is 0 Å². The Morgan fingerprint density at radius 2 is 1.86 bits per heavy atom. The van der Waals surface area contributed by atoms with Crippen LogP contribution in [0.1, 0.15) is 11.4 Å². The number of aryl methyl sites for hydroxylation is 1. The topological polar surface area (TPSA) is 97.4 Å². The van der Waals surface area contributed by atoms with Crippen molar-refractivity contribution in [3.63, 3.8) is 0 Å². The molecule has 0 spiro atoms. The molecule has 9 nitrogen and oxygen atoms in total. The lowest BCUT2D eigenvalue weighted by molar-refractivity contribution is -0.121. The van der Waals surface area contributed by atoms with Crippen molar-refractivity contribution < 1.29 is 4.79 Å². The van der Waals surface area contributed by atoms with Gasteiger partial charge in [-0.3, -0.25) is 18.6 Å². The average Bonchev–Trinajstić information content (AvgIpc) is 3.12. The molecule has 1 N–H and O–H groups in total. The molecular formula is C20H21N7O2. The highest BCUT2D eigenvalue weighted by Gasteiger charge is 2.17. The van der Waals surface area contributed by atoms with Gasteiger partial charge >= 0.3 is 0 Å². The molecule has 0 saturated heterocycles. The number of fused-ring (bicyclic) bond motifs is 3. The number of carbonyl (C=O) groups excluding carboxylic acids is 1. The molecule has 0 aliphatic carbocycles. The summed E-state index contributed by atoms with van der Waals surface area (Å²) >= 11 is 0. The first-order valence-corrected chi connectivity index (χ1v) is 9.18. The van der Waals surface area contributed by atoms with Gasteiger partial charge in [-0.05, 0) is 36.8 Å². The quantitative estimate of drug-likeness (QED) is 0.548. The van der Waals surface area contributed by atoms with Crippen LogP contribution in [0.3, 0.4) is 0 Å². The normalized spacial score (nSPS) is 11.1. The Labute approximate surface area is 166 Å². The summed E-state index contributed by atoms with van der Waals surface area (Å²) in [7, 11) is 3.95. The van der Waals surface area contributed by atoms with E-state index in [9.17, 15) is 9.59 Å². The number of aromatic nitrogens is 5. The molecule has 29 heavy (non-hydrogen) atoms. The van der Waals surface area contributed by atoms with E-state index in [1.165, 1.54) is 4.57 Å². The summed E-state index contributed by atoms with van der Waals surface area (Å²) in [6.45, 7) is 2.01. The van der Waals surface area contributed by atoms with E-state index in [1.54, 1.807) is 29.7 Å². The Morgan fingerprint density at radius 1 is 1.10 bits per heavy atom. The molecule has 4 rings (SSSR count). The van der Waals surface area contributed by atoms with Gasteiger partial charge in [0.2, 0.25) is 11.6 Å². The number of pyridine rings is 1. The molecule has 148 valence electrons. The maximum absolute atomic E-state index is 12.9. The SMILES string of the molecule is Cc1nnc2c(=O)n(CC(=O)NCc3ccc(N(C)C)cc3)c3cccnc3n12. The van der Waals surface area contributed by atoms with Crippen molar-refractivity contribution in [3.8, 4) is 0 Å². The molecule has 0 fully saturated rings. The van der Waals surface area contributed by atoms with Crippen LogP contribution in [0.5, 0.6) is 0 Å². The van der Waals surface area contributed by atoms with E-state index in [4.69, 9.17) is 0 Å². The van der Waals surface area contributed by atoms with Crippen LogP contribution in [0, 0.1) is 6.92 Å². The fourth-order valence-corrected chi connectivity index (χ4v) is 3.23. The molecular weight excluding hydrogens is 370 g/mol. The first-order chi connectivity index (χ1) is 14.0. The molecule has 0 aliphatic heterocycles. The van der Waals surface area contributed by atoms with Gasteiger partial charge < -0.3 is 10.2 Å². The number of hydrogen-bond donors (Lipinski definition) is 1. The number of carbonyl (C=O) groups is 1. The van der Waals surface area contributed by atoms with E-state index in [2.05, 4.69) is 20.5 Å². The van der Waals surface area contributed by atoms with E-state index in [-0.39, 0.29) is 23.7 Å². The molecule has 0 atom stereocenters. The third-order valence-corrected chi connectivity index (χ3v) is 4.77. The predicted molar refractivity (Wildman–Crippen MR) is 110 cm³/mol. The summed E-state index contributed by atoms with van der Waals surface area (Å²) in [6.07, 6.45) is 1.63. The van der Waals surface area contributed by atoms with Gasteiger partial charge in [0.1, 0.15) is 12.4 Å². The van der Waals surface area contributed by atoms with Gasteiger partial charge in [0, 0.05) is 32.5 Å². The summed E-state index contributed by atoms with van der Waals surface area (Å²) in [5, 5.41) is 10.8. The minimum atomic E-state index is -0.378. The van der Waals surface area contributed by atoms with Crippen LogP contribution >= 0.6 is 0 Å². The number of anilines is 1. The molecule has 0 radical (unpaired) electrons. The third-order valence-electron chi connectivity index (χ3n) is 4.77. The van der Waals surface area contributed by atoms with Gasteiger partial charge in [-0.25, -0.2) is 4.98 Å². The van der Waals surface area contributed by atoms with Crippen LogP contribution in [-0.4, -0.2) is 44.2 Å². The van der Waals surface area contributed by atoms with Crippen molar-refractivity contribution in [1.29, 1.82) is 0 Å². The first kappa shape index (κ1) is 18.6. The van der Waals surface area contributed by atoms with Gasteiger partial charge in [-0.15, -0.1) is 10.2 Å². The first-order valence-electron chi connectivity index (χ1n) is 9.18. The zero-order chi connectivity index (χ0) is 20.5. The lowest BCUT2D eigenvalue weighted by Crippen LogP contribution is -2.33. The average molecular weight is 391 g/mol. The Balaban J connectivity index is 1.59. The summed E-state index contributed by atoms with van der Waals surface area (Å²) in [5.41, 5.74) is 2.93. The highest BCUT2D eigenvalue weighted by Crippen LogP contribution is 2.13. The highest BCUT2D eigenvalue weighted by molar-refractivity contribution is 5.80. The Morgan fingerprint density at radius 3 is 2.59 bits per heavy atom. The monoisotopic (exact) mass is 391 g/mol. The molecule has 0 saturated carbocycles. The minimum Gasteiger partial charge on any atom is -0.378 e. The van der Waals surface area contributed by atoms with Gasteiger partial charge in [-0.1, -0.05) is 12.1 Å². The smallest absolute Gasteiger partial charge is 0.297 e. The Bertz CT molecular complexity index is 1260. The van der Waals surface area contributed by atoms with Crippen LogP contribution in [0.4, 0.5) is 5.69 Å². The fourth-order valence-electron chi connectivity index (χ4n) is 3.23. The van der Waals surface area contributed by atoms with E-state index in [1.807, 2.05) is 43.3 Å². The maximum Gasteiger partial charge on any atom is 0.297 e. The van der Waals surface area contributed by atoms with Crippen LogP contribution in [0.15, 0.2) is 47.4 Å². The second-order valence-electron chi connectivity index (χ2n) is 6.98. The number of nitrogens with zero attached hydrogens (tertiary/aromatic N) is 6. The van der Waals surface area contributed by atoms with E-state index in [0.29, 0.717) is 23.5 Å². The van der Waals surface area contributed by atoms with Crippen molar-refractivity contribution in [1.82, 2.24) is 29.5 Å². The fraction of sp³-hybridized carbons (Fsp3) is 0.250. The molecule has 0 bridgehead atoms. The predicted octanol–water partition coefficient (Wildman–Crippen LogP) is 1.13. The van der Waals surface area contributed by atoms with Crippen LogP contribution in [0.2, 0.25) is 0 Å². The molecule has 0 unspecified atom stereocenters. The van der Waals surface area contributed by atoms with E-state index >= 15 is 0 Å². The van der Waals surface area contributed by atoms with Gasteiger partial charge in [0.25, 0.3) is 5.56 Å². The van der Waals surface area contributed by atoms with Crippen molar-refractivity contribution in [3.05, 3.63) is 64.3 Å². The van der Waals surface area contributed by atoms with Gasteiger partial charge in [0.15, 0.2) is 5.65 Å². The molecule has 3 heterocycles. The van der Waals surface area contributed by atoms with Crippen molar-refractivity contribution in [2.75, 3.05) is 19.0 Å². The molecule has 4 aromatic rings. The second-order valence-corrected chi connectivity index (χ2v) is 6.98. The Hall–Kier alpha value is -3.75. The van der Waals surface area contributed by atoms with Crippen LogP contribution < -0.4 is 15.8 Å².